The molecule has 17 heavy (non-hydrogen) atoms. The molecule has 90 valence electrons. The van der Waals surface area contributed by atoms with E-state index in [2.05, 4.69) is 0 Å². The van der Waals surface area contributed by atoms with E-state index < -0.39 is 11.6 Å². The molecule has 1 fully saturated rings. The lowest BCUT2D eigenvalue weighted by atomic mass is 10.1. The number of halogens is 2. The first-order chi connectivity index (χ1) is 8.06. The Balaban J connectivity index is 1.88. The molecule has 0 radical (unpaired) electrons. The number of rotatable bonds is 3. The standard InChI is InChI=1S/C13H13F2NO/c14-8-5-11(15)10-7-9(17-12(10)6-8)1-2-13(16)3-4-13/h5-7H,1-4,16H2. The zero-order chi connectivity index (χ0) is 12.0. The molecule has 2 aromatic rings. The first-order valence-corrected chi connectivity index (χ1v) is 5.72. The molecule has 0 bridgehead atoms. The SMILES string of the molecule is NC1(CCc2cc3c(F)cc(F)cc3o2)CC1. The predicted octanol–water partition coefficient (Wildman–Crippen LogP) is 3.13. The second kappa shape index (κ2) is 3.53. The average Bonchev–Trinajstić information content (AvgIpc) is 2.85. The number of benzene rings is 1. The van der Waals surface area contributed by atoms with Gasteiger partial charge in [-0.2, -0.15) is 0 Å². The summed E-state index contributed by atoms with van der Waals surface area (Å²) >= 11 is 0. The van der Waals surface area contributed by atoms with Crippen molar-refractivity contribution in [3.63, 3.8) is 0 Å². The van der Waals surface area contributed by atoms with E-state index in [9.17, 15) is 8.78 Å². The van der Waals surface area contributed by atoms with Crippen LogP contribution < -0.4 is 5.73 Å². The van der Waals surface area contributed by atoms with Crippen molar-refractivity contribution in [3.05, 3.63) is 35.6 Å². The minimum absolute atomic E-state index is 0.0528. The largest absolute Gasteiger partial charge is 0.461 e. The average molecular weight is 237 g/mol. The third-order valence-corrected chi connectivity index (χ3v) is 3.36. The van der Waals surface area contributed by atoms with E-state index in [1.54, 1.807) is 6.07 Å². The van der Waals surface area contributed by atoms with Crippen LogP contribution in [-0.2, 0) is 6.42 Å². The van der Waals surface area contributed by atoms with Crippen LogP contribution in [0.5, 0.6) is 0 Å². The molecule has 0 spiro atoms. The first-order valence-electron chi connectivity index (χ1n) is 5.72. The predicted molar refractivity (Wildman–Crippen MR) is 60.6 cm³/mol. The Morgan fingerprint density at radius 3 is 2.71 bits per heavy atom. The summed E-state index contributed by atoms with van der Waals surface area (Å²) in [7, 11) is 0. The molecule has 1 aromatic heterocycles. The van der Waals surface area contributed by atoms with E-state index in [0.717, 1.165) is 25.3 Å². The molecule has 1 aliphatic carbocycles. The fraction of sp³-hybridized carbons (Fsp3) is 0.385. The van der Waals surface area contributed by atoms with Crippen LogP contribution in [0.15, 0.2) is 22.6 Å². The van der Waals surface area contributed by atoms with Crippen LogP contribution in [0.2, 0.25) is 0 Å². The summed E-state index contributed by atoms with van der Waals surface area (Å²) in [5.74, 6) is -0.529. The monoisotopic (exact) mass is 237 g/mol. The summed E-state index contributed by atoms with van der Waals surface area (Å²) in [4.78, 5) is 0. The lowest BCUT2D eigenvalue weighted by Crippen LogP contribution is -2.21. The zero-order valence-corrected chi connectivity index (χ0v) is 9.30. The number of aryl methyl sites for hydroxylation is 1. The molecule has 1 aliphatic rings. The van der Waals surface area contributed by atoms with Gasteiger partial charge in [-0.15, -0.1) is 0 Å². The lowest BCUT2D eigenvalue weighted by Gasteiger charge is -2.04. The van der Waals surface area contributed by atoms with Gasteiger partial charge in [0.05, 0.1) is 5.39 Å². The van der Waals surface area contributed by atoms with Crippen LogP contribution in [0.1, 0.15) is 25.0 Å². The van der Waals surface area contributed by atoms with E-state index >= 15 is 0 Å². The van der Waals surface area contributed by atoms with Crippen LogP contribution in [-0.4, -0.2) is 5.54 Å². The van der Waals surface area contributed by atoms with E-state index in [1.807, 2.05) is 0 Å². The normalized spacial score (nSPS) is 17.6. The Kier molecular flexibility index (Phi) is 2.23. The molecule has 2 N–H and O–H groups in total. The zero-order valence-electron chi connectivity index (χ0n) is 9.30. The molecular formula is C13H13F2NO. The summed E-state index contributed by atoms with van der Waals surface area (Å²) in [5, 5.41) is 0.336. The van der Waals surface area contributed by atoms with Gasteiger partial charge in [-0.05, 0) is 25.3 Å². The Bertz CT molecular complexity index is 572. The van der Waals surface area contributed by atoms with Gasteiger partial charge in [-0.1, -0.05) is 0 Å². The number of furan rings is 1. The lowest BCUT2D eigenvalue weighted by molar-refractivity contribution is 0.505. The van der Waals surface area contributed by atoms with Crippen molar-refractivity contribution in [2.45, 2.75) is 31.2 Å². The fourth-order valence-corrected chi connectivity index (χ4v) is 2.02. The molecule has 2 nitrogen and oxygen atoms in total. The van der Waals surface area contributed by atoms with E-state index in [4.69, 9.17) is 10.2 Å². The molecule has 0 saturated heterocycles. The van der Waals surface area contributed by atoms with Gasteiger partial charge in [0.15, 0.2) is 0 Å². The maximum absolute atomic E-state index is 13.4. The Hall–Kier alpha value is -1.42. The van der Waals surface area contributed by atoms with Gasteiger partial charge in [-0.3, -0.25) is 0 Å². The molecule has 1 aromatic carbocycles. The first kappa shape index (κ1) is 10.7. The minimum Gasteiger partial charge on any atom is -0.461 e. The van der Waals surface area contributed by atoms with E-state index in [0.29, 0.717) is 17.6 Å². The summed E-state index contributed by atoms with van der Waals surface area (Å²) in [6, 6.07) is 3.71. The summed E-state index contributed by atoms with van der Waals surface area (Å²) < 4.78 is 31.8. The topological polar surface area (TPSA) is 39.2 Å². The van der Waals surface area contributed by atoms with Gasteiger partial charge in [0.25, 0.3) is 0 Å². The van der Waals surface area contributed by atoms with Crippen molar-refractivity contribution in [1.29, 1.82) is 0 Å². The third-order valence-electron chi connectivity index (χ3n) is 3.36. The Labute approximate surface area is 97.4 Å². The van der Waals surface area contributed by atoms with Gasteiger partial charge in [0.2, 0.25) is 0 Å². The second-order valence-corrected chi connectivity index (χ2v) is 4.87. The number of nitrogens with two attached hydrogens (primary N) is 1. The van der Waals surface area contributed by atoms with Crippen molar-refractivity contribution in [2.24, 2.45) is 5.73 Å². The highest BCUT2D eigenvalue weighted by molar-refractivity contribution is 5.78. The molecule has 0 atom stereocenters. The van der Waals surface area contributed by atoms with Crippen molar-refractivity contribution in [3.8, 4) is 0 Å². The maximum Gasteiger partial charge on any atom is 0.140 e. The van der Waals surface area contributed by atoms with Crippen LogP contribution in [0.4, 0.5) is 8.78 Å². The van der Waals surface area contributed by atoms with Gasteiger partial charge in [-0.25, -0.2) is 8.78 Å². The molecule has 3 rings (SSSR count). The van der Waals surface area contributed by atoms with Crippen LogP contribution >= 0.6 is 0 Å². The molecule has 1 heterocycles. The number of hydrogen-bond donors (Lipinski definition) is 1. The highest BCUT2D eigenvalue weighted by Crippen LogP contribution is 2.37. The van der Waals surface area contributed by atoms with Crippen LogP contribution in [0.3, 0.4) is 0 Å². The summed E-state index contributed by atoms with van der Waals surface area (Å²) in [6.45, 7) is 0. The Morgan fingerprint density at radius 1 is 1.24 bits per heavy atom. The van der Waals surface area contributed by atoms with Crippen molar-refractivity contribution in [2.75, 3.05) is 0 Å². The van der Waals surface area contributed by atoms with E-state index in [-0.39, 0.29) is 11.1 Å². The highest BCUT2D eigenvalue weighted by atomic mass is 19.1. The second-order valence-electron chi connectivity index (χ2n) is 4.87. The van der Waals surface area contributed by atoms with E-state index in [1.165, 1.54) is 6.07 Å². The maximum atomic E-state index is 13.4. The van der Waals surface area contributed by atoms with Gasteiger partial charge < -0.3 is 10.2 Å². The molecule has 4 heteroatoms. The smallest absolute Gasteiger partial charge is 0.140 e. The van der Waals surface area contributed by atoms with Crippen molar-refractivity contribution in [1.82, 2.24) is 0 Å². The molecule has 0 unspecified atom stereocenters. The van der Waals surface area contributed by atoms with Crippen LogP contribution in [0.25, 0.3) is 11.0 Å². The van der Waals surface area contributed by atoms with Gasteiger partial charge in [0, 0.05) is 24.1 Å². The van der Waals surface area contributed by atoms with Gasteiger partial charge in [0.1, 0.15) is 23.0 Å². The third kappa shape index (κ3) is 2.05. The van der Waals surface area contributed by atoms with Crippen LogP contribution in [0, 0.1) is 11.6 Å². The van der Waals surface area contributed by atoms with Crippen molar-refractivity contribution < 1.29 is 13.2 Å². The quantitative estimate of drug-likeness (QED) is 0.890. The number of fused-ring (bicyclic) bond motifs is 1. The number of hydrogen-bond acceptors (Lipinski definition) is 2. The molecule has 0 amide bonds. The minimum atomic E-state index is -0.617. The molecule has 0 aliphatic heterocycles. The van der Waals surface area contributed by atoms with Crippen molar-refractivity contribution >= 4 is 11.0 Å². The summed E-state index contributed by atoms with van der Waals surface area (Å²) in [5.41, 5.74) is 6.18. The summed E-state index contributed by atoms with van der Waals surface area (Å²) in [6.07, 6.45) is 3.58. The van der Waals surface area contributed by atoms with Gasteiger partial charge >= 0.3 is 0 Å². The fourth-order valence-electron chi connectivity index (χ4n) is 2.02. The Morgan fingerprint density at radius 2 is 2.00 bits per heavy atom. The molecular weight excluding hydrogens is 224 g/mol. The molecule has 1 saturated carbocycles. The highest BCUT2D eigenvalue weighted by Gasteiger charge is 2.37.